The molecule has 0 fully saturated rings. The van der Waals surface area contributed by atoms with E-state index in [1.54, 1.807) is 12.3 Å². The van der Waals surface area contributed by atoms with Crippen molar-refractivity contribution in [1.82, 2.24) is 4.98 Å². The Kier molecular flexibility index (Phi) is 5.58. The molecule has 0 aliphatic rings. The van der Waals surface area contributed by atoms with Gasteiger partial charge in [0, 0.05) is 18.8 Å². The molecule has 1 aromatic heterocycles. The minimum absolute atomic E-state index is 0.0217. The third kappa shape index (κ3) is 3.20. The molecule has 0 amide bonds. The van der Waals surface area contributed by atoms with E-state index in [9.17, 15) is 9.90 Å². The Morgan fingerprint density at radius 2 is 2.11 bits per heavy atom. The SMILES string of the molecule is CCC(CC)N(CCO)c1ncccc1C(=O)O. The second-order valence-electron chi connectivity index (χ2n) is 4.07. The molecule has 1 aromatic rings. The molecule has 5 nitrogen and oxygen atoms in total. The largest absolute Gasteiger partial charge is 0.478 e. The maximum atomic E-state index is 11.2. The number of anilines is 1. The number of hydrogen-bond acceptors (Lipinski definition) is 4. The number of hydrogen-bond donors (Lipinski definition) is 2. The standard InChI is InChI=1S/C13H20N2O3/c1-3-10(4-2)15(8-9-16)12-11(13(17)18)6-5-7-14-12/h5-7,10,16H,3-4,8-9H2,1-2H3,(H,17,18). The highest BCUT2D eigenvalue weighted by Crippen LogP contribution is 2.22. The first kappa shape index (κ1) is 14.4. The average molecular weight is 252 g/mol. The summed E-state index contributed by atoms with van der Waals surface area (Å²) in [5, 5.41) is 18.3. The molecule has 0 saturated heterocycles. The van der Waals surface area contributed by atoms with Crippen LogP contribution >= 0.6 is 0 Å². The van der Waals surface area contributed by atoms with Crippen LogP contribution in [0.2, 0.25) is 0 Å². The van der Waals surface area contributed by atoms with Gasteiger partial charge in [0.2, 0.25) is 0 Å². The molecule has 0 bridgehead atoms. The number of carboxylic acid groups (broad SMARTS) is 1. The highest BCUT2D eigenvalue weighted by atomic mass is 16.4. The lowest BCUT2D eigenvalue weighted by molar-refractivity contribution is 0.0697. The Morgan fingerprint density at radius 1 is 1.44 bits per heavy atom. The van der Waals surface area contributed by atoms with Gasteiger partial charge in [0.1, 0.15) is 11.4 Å². The minimum Gasteiger partial charge on any atom is -0.478 e. The smallest absolute Gasteiger partial charge is 0.339 e. The van der Waals surface area contributed by atoms with Crippen LogP contribution in [0.25, 0.3) is 0 Å². The first-order chi connectivity index (χ1) is 8.65. The number of rotatable bonds is 7. The Hall–Kier alpha value is -1.62. The predicted molar refractivity (Wildman–Crippen MR) is 70.0 cm³/mol. The van der Waals surface area contributed by atoms with Crippen molar-refractivity contribution in [2.75, 3.05) is 18.1 Å². The molecule has 1 rings (SSSR count). The van der Waals surface area contributed by atoms with E-state index in [1.165, 1.54) is 6.07 Å². The number of pyridine rings is 1. The second kappa shape index (κ2) is 6.96. The molecule has 0 aromatic carbocycles. The van der Waals surface area contributed by atoms with Gasteiger partial charge in [-0.1, -0.05) is 13.8 Å². The van der Waals surface area contributed by atoms with E-state index in [2.05, 4.69) is 4.98 Å². The lowest BCUT2D eigenvalue weighted by Gasteiger charge is -2.31. The summed E-state index contributed by atoms with van der Waals surface area (Å²) in [6.45, 7) is 4.46. The van der Waals surface area contributed by atoms with Gasteiger partial charge in [0.05, 0.1) is 6.61 Å². The van der Waals surface area contributed by atoms with Gasteiger partial charge in [-0.25, -0.2) is 9.78 Å². The summed E-state index contributed by atoms with van der Waals surface area (Å²) in [4.78, 5) is 17.2. The lowest BCUT2D eigenvalue weighted by atomic mass is 10.1. The van der Waals surface area contributed by atoms with Gasteiger partial charge in [-0.3, -0.25) is 0 Å². The van der Waals surface area contributed by atoms with Crippen LogP contribution in [-0.4, -0.2) is 40.4 Å². The summed E-state index contributed by atoms with van der Waals surface area (Å²) in [5.41, 5.74) is 0.179. The molecule has 0 saturated carbocycles. The van der Waals surface area contributed by atoms with E-state index in [1.807, 2.05) is 18.7 Å². The van der Waals surface area contributed by atoms with Gasteiger partial charge in [-0.15, -0.1) is 0 Å². The molecule has 0 aliphatic carbocycles. The fourth-order valence-corrected chi connectivity index (χ4v) is 2.09. The van der Waals surface area contributed by atoms with Gasteiger partial charge in [0.15, 0.2) is 0 Å². The first-order valence-electron chi connectivity index (χ1n) is 6.21. The third-order valence-electron chi connectivity index (χ3n) is 3.01. The number of nitrogens with zero attached hydrogens (tertiary/aromatic N) is 2. The van der Waals surface area contributed by atoms with Crippen molar-refractivity contribution in [3.05, 3.63) is 23.9 Å². The molecule has 0 unspecified atom stereocenters. The average Bonchev–Trinajstić information content (AvgIpc) is 2.39. The van der Waals surface area contributed by atoms with E-state index in [4.69, 9.17) is 5.11 Å². The first-order valence-corrected chi connectivity index (χ1v) is 6.21. The Bertz CT molecular complexity index is 392. The van der Waals surface area contributed by atoms with E-state index < -0.39 is 5.97 Å². The Morgan fingerprint density at radius 3 is 2.61 bits per heavy atom. The zero-order chi connectivity index (χ0) is 13.5. The summed E-state index contributed by atoms with van der Waals surface area (Å²) in [6.07, 6.45) is 3.34. The van der Waals surface area contributed by atoms with Crippen molar-refractivity contribution in [3.8, 4) is 0 Å². The molecule has 1 heterocycles. The molecule has 0 spiro atoms. The molecular weight excluding hydrogens is 232 g/mol. The van der Waals surface area contributed by atoms with Gasteiger partial charge >= 0.3 is 5.97 Å². The maximum Gasteiger partial charge on any atom is 0.339 e. The monoisotopic (exact) mass is 252 g/mol. The second-order valence-corrected chi connectivity index (χ2v) is 4.07. The third-order valence-corrected chi connectivity index (χ3v) is 3.01. The van der Waals surface area contributed by atoms with Crippen LogP contribution in [-0.2, 0) is 0 Å². The summed E-state index contributed by atoms with van der Waals surface area (Å²) in [6, 6.07) is 3.33. The normalized spacial score (nSPS) is 10.7. The number of aromatic nitrogens is 1. The fourth-order valence-electron chi connectivity index (χ4n) is 2.09. The molecule has 18 heavy (non-hydrogen) atoms. The van der Waals surface area contributed by atoms with Crippen LogP contribution in [0.4, 0.5) is 5.82 Å². The number of aromatic carboxylic acids is 1. The van der Waals surface area contributed by atoms with Crippen LogP contribution in [0.1, 0.15) is 37.0 Å². The van der Waals surface area contributed by atoms with Crippen LogP contribution in [0.3, 0.4) is 0 Å². The zero-order valence-electron chi connectivity index (χ0n) is 10.8. The number of aliphatic hydroxyl groups excluding tert-OH is 1. The summed E-state index contributed by atoms with van der Waals surface area (Å²) in [7, 11) is 0. The van der Waals surface area contributed by atoms with E-state index >= 15 is 0 Å². The van der Waals surface area contributed by atoms with E-state index in [0.717, 1.165) is 12.8 Å². The maximum absolute atomic E-state index is 11.2. The van der Waals surface area contributed by atoms with Crippen molar-refractivity contribution in [1.29, 1.82) is 0 Å². The predicted octanol–water partition coefficient (Wildman–Crippen LogP) is 1.77. The number of aliphatic hydroxyl groups is 1. The van der Waals surface area contributed by atoms with E-state index in [0.29, 0.717) is 12.4 Å². The van der Waals surface area contributed by atoms with Crippen molar-refractivity contribution in [3.63, 3.8) is 0 Å². The Balaban J connectivity index is 3.16. The topological polar surface area (TPSA) is 73.7 Å². The lowest BCUT2D eigenvalue weighted by Crippen LogP contribution is -2.38. The van der Waals surface area contributed by atoms with Crippen molar-refractivity contribution >= 4 is 11.8 Å². The van der Waals surface area contributed by atoms with E-state index in [-0.39, 0.29) is 18.2 Å². The van der Waals surface area contributed by atoms with Crippen molar-refractivity contribution in [2.45, 2.75) is 32.7 Å². The molecule has 0 radical (unpaired) electrons. The molecule has 0 atom stereocenters. The van der Waals surface area contributed by atoms with Gasteiger partial charge < -0.3 is 15.1 Å². The molecular formula is C13H20N2O3. The summed E-state index contributed by atoms with van der Waals surface area (Å²) >= 11 is 0. The summed E-state index contributed by atoms with van der Waals surface area (Å²) < 4.78 is 0. The van der Waals surface area contributed by atoms with Crippen LogP contribution < -0.4 is 4.90 Å². The van der Waals surface area contributed by atoms with Crippen LogP contribution in [0.5, 0.6) is 0 Å². The fraction of sp³-hybridized carbons (Fsp3) is 0.538. The molecule has 2 N–H and O–H groups in total. The van der Waals surface area contributed by atoms with Gasteiger partial charge in [-0.05, 0) is 25.0 Å². The van der Waals surface area contributed by atoms with Crippen molar-refractivity contribution < 1.29 is 15.0 Å². The van der Waals surface area contributed by atoms with Crippen LogP contribution in [0.15, 0.2) is 18.3 Å². The Labute approximate surface area is 107 Å². The molecule has 5 heteroatoms. The molecule has 100 valence electrons. The number of carboxylic acids is 1. The van der Waals surface area contributed by atoms with Gasteiger partial charge in [0.25, 0.3) is 0 Å². The highest BCUT2D eigenvalue weighted by Gasteiger charge is 2.21. The van der Waals surface area contributed by atoms with Gasteiger partial charge in [-0.2, -0.15) is 0 Å². The van der Waals surface area contributed by atoms with Crippen molar-refractivity contribution in [2.24, 2.45) is 0 Å². The minimum atomic E-state index is -0.994. The quantitative estimate of drug-likeness (QED) is 0.773. The highest BCUT2D eigenvalue weighted by molar-refractivity contribution is 5.93. The van der Waals surface area contributed by atoms with Crippen LogP contribution in [0, 0.1) is 0 Å². The molecule has 0 aliphatic heterocycles. The zero-order valence-corrected chi connectivity index (χ0v) is 10.8. The summed E-state index contributed by atoms with van der Waals surface area (Å²) in [5.74, 6) is -0.556. The number of carbonyl (C=O) groups is 1.